The van der Waals surface area contributed by atoms with E-state index < -0.39 is 0 Å². The second kappa shape index (κ2) is 3.75. The number of hydrogen-bond acceptors (Lipinski definition) is 3. The summed E-state index contributed by atoms with van der Waals surface area (Å²) >= 11 is 0. The van der Waals surface area contributed by atoms with Crippen LogP contribution in [0.2, 0.25) is 0 Å². The summed E-state index contributed by atoms with van der Waals surface area (Å²) in [5.41, 5.74) is 2.27. The maximum absolute atomic E-state index is 5.28. The lowest BCUT2D eigenvalue weighted by Gasteiger charge is -2.28. The van der Waals surface area contributed by atoms with Crippen molar-refractivity contribution in [3.05, 3.63) is 24.0 Å². The van der Waals surface area contributed by atoms with Gasteiger partial charge in [0.05, 0.1) is 25.1 Å². The van der Waals surface area contributed by atoms with Crippen molar-refractivity contribution in [1.29, 1.82) is 0 Å². The molecule has 70 valence electrons. The number of nitrogens with zero attached hydrogens (tertiary/aromatic N) is 2. The average molecular weight is 178 g/mol. The van der Waals surface area contributed by atoms with Gasteiger partial charge in [0.15, 0.2) is 0 Å². The van der Waals surface area contributed by atoms with E-state index in [0.717, 1.165) is 32.0 Å². The van der Waals surface area contributed by atoms with Crippen molar-refractivity contribution in [3.8, 4) is 0 Å². The van der Waals surface area contributed by atoms with Gasteiger partial charge in [0.25, 0.3) is 0 Å². The van der Waals surface area contributed by atoms with E-state index in [1.54, 1.807) is 0 Å². The van der Waals surface area contributed by atoms with Crippen LogP contribution in [-0.2, 0) is 4.74 Å². The number of hydrogen-bond donors (Lipinski definition) is 0. The first-order chi connectivity index (χ1) is 6.36. The zero-order chi connectivity index (χ0) is 9.10. The number of anilines is 1. The molecule has 1 aliphatic rings. The third-order valence-electron chi connectivity index (χ3n) is 2.27. The topological polar surface area (TPSA) is 25.4 Å². The Kier molecular flexibility index (Phi) is 2.45. The first kappa shape index (κ1) is 8.51. The summed E-state index contributed by atoms with van der Waals surface area (Å²) < 4.78 is 5.28. The third-order valence-corrected chi connectivity index (χ3v) is 2.27. The largest absolute Gasteiger partial charge is 0.378 e. The molecule has 0 radical (unpaired) electrons. The van der Waals surface area contributed by atoms with E-state index in [9.17, 15) is 0 Å². The Labute approximate surface area is 78.3 Å². The van der Waals surface area contributed by atoms with Crippen LogP contribution in [0.25, 0.3) is 0 Å². The predicted octanol–water partition coefficient (Wildman–Crippen LogP) is 1.23. The molecule has 0 unspecified atom stereocenters. The lowest BCUT2D eigenvalue weighted by atomic mass is 10.3. The Morgan fingerprint density at radius 3 is 2.69 bits per heavy atom. The molecule has 1 fully saturated rings. The van der Waals surface area contributed by atoms with E-state index in [-0.39, 0.29) is 0 Å². The van der Waals surface area contributed by atoms with Crippen molar-refractivity contribution >= 4 is 5.69 Å². The van der Waals surface area contributed by atoms with Crippen LogP contribution in [-0.4, -0.2) is 31.3 Å². The first-order valence-electron chi connectivity index (χ1n) is 4.61. The highest BCUT2D eigenvalue weighted by Gasteiger charge is 2.10. The van der Waals surface area contributed by atoms with Crippen LogP contribution >= 0.6 is 0 Å². The summed E-state index contributed by atoms with van der Waals surface area (Å²) in [7, 11) is 0. The van der Waals surface area contributed by atoms with E-state index in [4.69, 9.17) is 4.74 Å². The molecule has 0 aliphatic carbocycles. The molecule has 1 aliphatic heterocycles. The quantitative estimate of drug-likeness (QED) is 0.646. The summed E-state index contributed by atoms with van der Waals surface area (Å²) in [6.07, 6.45) is 1.93. The highest BCUT2D eigenvalue weighted by Crippen LogP contribution is 2.13. The van der Waals surface area contributed by atoms with Crippen molar-refractivity contribution in [3.63, 3.8) is 0 Å². The van der Waals surface area contributed by atoms with Gasteiger partial charge in [-0.15, -0.1) is 0 Å². The van der Waals surface area contributed by atoms with Crippen molar-refractivity contribution in [2.75, 3.05) is 31.2 Å². The van der Waals surface area contributed by atoms with Crippen LogP contribution in [0.4, 0.5) is 5.69 Å². The highest BCUT2D eigenvalue weighted by atomic mass is 16.5. The van der Waals surface area contributed by atoms with E-state index >= 15 is 0 Å². The van der Waals surface area contributed by atoms with Gasteiger partial charge in [-0.1, -0.05) is 0 Å². The molecular formula is C10H14N2O. The molecule has 0 saturated carbocycles. The molecule has 3 nitrogen and oxygen atoms in total. The van der Waals surface area contributed by atoms with Gasteiger partial charge >= 0.3 is 0 Å². The van der Waals surface area contributed by atoms with Gasteiger partial charge in [-0.05, 0) is 19.1 Å². The Hall–Kier alpha value is -1.09. The molecule has 1 aromatic rings. The van der Waals surface area contributed by atoms with Gasteiger partial charge in [-0.3, -0.25) is 4.98 Å². The summed E-state index contributed by atoms with van der Waals surface area (Å²) in [6, 6.07) is 4.17. The molecule has 1 aromatic heterocycles. The van der Waals surface area contributed by atoms with E-state index in [1.807, 2.05) is 19.2 Å². The molecule has 0 N–H and O–H groups in total. The smallest absolute Gasteiger partial charge is 0.0642 e. The number of aromatic nitrogens is 1. The summed E-state index contributed by atoms with van der Waals surface area (Å²) in [6.45, 7) is 5.61. The van der Waals surface area contributed by atoms with Gasteiger partial charge in [0.1, 0.15) is 0 Å². The van der Waals surface area contributed by atoms with Crippen LogP contribution in [0.3, 0.4) is 0 Å². The molecule has 13 heavy (non-hydrogen) atoms. The van der Waals surface area contributed by atoms with Crippen molar-refractivity contribution in [2.24, 2.45) is 0 Å². The summed E-state index contributed by atoms with van der Waals surface area (Å²) in [4.78, 5) is 6.57. The van der Waals surface area contributed by atoms with Crippen molar-refractivity contribution < 1.29 is 4.74 Å². The molecule has 2 heterocycles. The minimum atomic E-state index is 0.827. The van der Waals surface area contributed by atoms with E-state index in [0.29, 0.717) is 0 Å². The van der Waals surface area contributed by atoms with Crippen molar-refractivity contribution in [1.82, 2.24) is 4.98 Å². The molecule has 0 aromatic carbocycles. The van der Waals surface area contributed by atoms with Gasteiger partial charge in [-0.2, -0.15) is 0 Å². The molecule has 1 saturated heterocycles. The maximum atomic E-state index is 5.28. The second-order valence-corrected chi connectivity index (χ2v) is 3.26. The Morgan fingerprint density at radius 1 is 1.31 bits per heavy atom. The zero-order valence-electron chi connectivity index (χ0n) is 7.86. The fraction of sp³-hybridized carbons (Fsp3) is 0.500. The lowest BCUT2D eigenvalue weighted by Crippen LogP contribution is -2.36. The van der Waals surface area contributed by atoms with Crippen LogP contribution < -0.4 is 4.90 Å². The Balaban J connectivity index is 2.10. The fourth-order valence-electron chi connectivity index (χ4n) is 1.47. The molecule has 2 rings (SSSR count). The van der Waals surface area contributed by atoms with Crippen LogP contribution in [0.15, 0.2) is 18.3 Å². The highest BCUT2D eigenvalue weighted by molar-refractivity contribution is 5.44. The second-order valence-electron chi connectivity index (χ2n) is 3.26. The standard InChI is InChI=1S/C10H14N2O/c1-9-2-3-10(8-11-9)12-4-6-13-7-5-12/h2-3,8H,4-7H2,1H3. The van der Waals surface area contributed by atoms with Crippen LogP contribution in [0, 0.1) is 6.92 Å². The minimum absolute atomic E-state index is 0.827. The molecule has 0 spiro atoms. The molecular weight excluding hydrogens is 164 g/mol. The SMILES string of the molecule is Cc1ccc(N2CCOCC2)cn1. The molecule has 0 bridgehead atoms. The van der Waals surface area contributed by atoms with E-state index in [2.05, 4.69) is 16.0 Å². The molecule has 3 heteroatoms. The van der Waals surface area contributed by atoms with Gasteiger partial charge in [-0.25, -0.2) is 0 Å². The summed E-state index contributed by atoms with van der Waals surface area (Å²) in [5, 5.41) is 0. The summed E-state index contributed by atoms with van der Waals surface area (Å²) in [5.74, 6) is 0. The number of aryl methyl sites for hydroxylation is 1. The first-order valence-corrected chi connectivity index (χ1v) is 4.61. The zero-order valence-corrected chi connectivity index (χ0v) is 7.86. The minimum Gasteiger partial charge on any atom is -0.378 e. The molecule has 0 amide bonds. The number of morpholine rings is 1. The fourth-order valence-corrected chi connectivity index (χ4v) is 1.47. The maximum Gasteiger partial charge on any atom is 0.0642 e. The number of rotatable bonds is 1. The Bertz CT molecular complexity index is 265. The van der Waals surface area contributed by atoms with E-state index in [1.165, 1.54) is 5.69 Å². The predicted molar refractivity (Wildman–Crippen MR) is 52.0 cm³/mol. The monoisotopic (exact) mass is 178 g/mol. The van der Waals surface area contributed by atoms with Crippen LogP contribution in [0.5, 0.6) is 0 Å². The third kappa shape index (κ3) is 1.98. The van der Waals surface area contributed by atoms with Gasteiger partial charge < -0.3 is 9.64 Å². The lowest BCUT2D eigenvalue weighted by molar-refractivity contribution is 0.122. The Morgan fingerprint density at radius 2 is 2.08 bits per heavy atom. The molecule has 0 atom stereocenters. The van der Waals surface area contributed by atoms with Crippen molar-refractivity contribution in [2.45, 2.75) is 6.92 Å². The average Bonchev–Trinajstić information content (AvgIpc) is 2.20. The number of ether oxygens (including phenoxy) is 1. The van der Waals surface area contributed by atoms with Gasteiger partial charge in [0.2, 0.25) is 0 Å². The number of pyridine rings is 1. The van der Waals surface area contributed by atoms with Gasteiger partial charge in [0, 0.05) is 18.8 Å². The van der Waals surface area contributed by atoms with Crippen LogP contribution in [0.1, 0.15) is 5.69 Å². The normalized spacial score (nSPS) is 17.5.